The average Bonchev–Trinajstić information content (AvgIpc) is 2.62. The van der Waals surface area contributed by atoms with Gasteiger partial charge < -0.3 is 5.32 Å². The monoisotopic (exact) mass is 217 g/mol. The molecular weight excluding hydrogens is 201 g/mol. The molecule has 2 bridgehead atoms. The van der Waals surface area contributed by atoms with Crippen molar-refractivity contribution in [3.63, 3.8) is 0 Å². The molecule has 0 aromatic heterocycles. The molecule has 16 heavy (non-hydrogen) atoms. The van der Waals surface area contributed by atoms with E-state index in [4.69, 9.17) is 0 Å². The van der Waals surface area contributed by atoms with Gasteiger partial charge in [-0.25, -0.2) is 4.39 Å². The Bertz CT molecular complexity index is 450. The lowest BCUT2D eigenvalue weighted by Crippen LogP contribution is -2.31. The normalized spacial score (nSPS) is 28.0. The molecule has 1 saturated heterocycles. The van der Waals surface area contributed by atoms with Crippen LogP contribution < -0.4 is 5.32 Å². The minimum atomic E-state index is -0.0933. The number of hydrogen-bond donors (Lipinski definition) is 1. The highest BCUT2D eigenvalue weighted by Gasteiger charge is 2.28. The van der Waals surface area contributed by atoms with E-state index in [0.717, 1.165) is 17.5 Å². The second-order valence-electron chi connectivity index (χ2n) is 4.91. The van der Waals surface area contributed by atoms with Gasteiger partial charge in [-0.1, -0.05) is 18.2 Å². The molecule has 3 rings (SSSR count). The minimum absolute atomic E-state index is 0.0933. The first kappa shape index (κ1) is 10.0. The minimum Gasteiger partial charge on any atom is -0.307 e. The molecule has 1 aromatic carbocycles. The zero-order valence-electron chi connectivity index (χ0n) is 9.46. The van der Waals surface area contributed by atoms with Crippen molar-refractivity contribution in [2.45, 2.75) is 38.3 Å². The van der Waals surface area contributed by atoms with Crippen molar-refractivity contribution < 1.29 is 4.39 Å². The smallest absolute Gasteiger partial charge is 0.126 e. The molecule has 0 radical (unpaired) electrons. The number of benzene rings is 1. The Kier molecular flexibility index (Phi) is 2.32. The van der Waals surface area contributed by atoms with Crippen LogP contribution in [-0.4, -0.2) is 12.1 Å². The molecule has 1 aromatic rings. The third-order valence-corrected chi connectivity index (χ3v) is 3.69. The van der Waals surface area contributed by atoms with Crippen molar-refractivity contribution in [2.24, 2.45) is 0 Å². The maximum atomic E-state index is 13.5. The van der Waals surface area contributed by atoms with Gasteiger partial charge in [0.15, 0.2) is 0 Å². The lowest BCUT2D eigenvalue weighted by Gasteiger charge is -2.21. The van der Waals surface area contributed by atoms with Gasteiger partial charge in [-0.3, -0.25) is 0 Å². The van der Waals surface area contributed by atoms with Crippen LogP contribution in [-0.2, 0) is 0 Å². The van der Waals surface area contributed by atoms with Gasteiger partial charge in [-0.15, -0.1) is 0 Å². The third-order valence-electron chi connectivity index (χ3n) is 3.69. The zero-order chi connectivity index (χ0) is 11.1. The highest BCUT2D eigenvalue weighted by molar-refractivity contribution is 5.68. The van der Waals surface area contributed by atoms with Crippen LogP contribution in [0.1, 0.15) is 30.4 Å². The van der Waals surface area contributed by atoms with Gasteiger partial charge >= 0.3 is 0 Å². The van der Waals surface area contributed by atoms with E-state index in [1.807, 2.05) is 12.1 Å². The van der Waals surface area contributed by atoms with E-state index in [-0.39, 0.29) is 5.82 Å². The Morgan fingerprint density at radius 1 is 1.31 bits per heavy atom. The first-order chi connectivity index (χ1) is 7.72. The molecule has 1 nitrogen and oxygen atoms in total. The molecule has 2 aliphatic heterocycles. The molecule has 2 aliphatic rings. The largest absolute Gasteiger partial charge is 0.307 e. The molecule has 0 saturated carbocycles. The number of aryl methyl sites for hydroxylation is 1. The lowest BCUT2D eigenvalue weighted by atomic mass is 9.95. The molecule has 2 heteroatoms. The molecule has 0 spiro atoms. The summed E-state index contributed by atoms with van der Waals surface area (Å²) in [6, 6.07) is 6.70. The summed E-state index contributed by atoms with van der Waals surface area (Å²) in [5.74, 6) is -0.0933. The summed E-state index contributed by atoms with van der Waals surface area (Å²) in [4.78, 5) is 0. The van der Waals surface area contributed by atoms with Crippen molar-refractivity contribution >= 4 is 5.57 Å². The van der Waals surface area contributed by atoms with Crippen LogP contribution in [0.3, 0.4) is 0 Å². The Morgan fingerprint density at radius 3 is 2.94 bits per heavy atom. The van der Waals surface area contributed by atoms with E-state index in [1.54, 1.807) is 13.0 Å². The van der Waals surface area contributed by atoms with Crippen LogP contribution in [0.5, 0.6) is 0 Å². The van der Waals surface area contributed by atoms with E-state index in [9.17, 15) is 4.39 Å². The van der Waals surface area contributed by atoms with Gasteiger partial charge in [0.2, 0.25) is 0 Å². The average molecular weight is 217 g/mol. The van der Waals surface area contributed by atoms with Gasteiger partial charge in [-0.05, 0) is 49.0 Å². The summed E-state index contributed by atoms with van der Waals surface area (Å²) < 4.78 is 13.5. The fourth-order valence-corrected chi connectivity index (χ4v) is 2.73. The van der Waals surface area contributed by atoms with Crippen molar-refractivity contribution in [1.29, 1.82) is 0 Å². The second-order valence-corrected chi connectivity index (χ2v) is 4.91. The fraction of sp³-hybridized carbons (Fsp3) is 0.429. The van der Waals surface area contributed by atoms with Crippen LogP contribution in [0.2, 0.25) is 0 Å². The Balaban J connectivity index is 1.95. The lowest BCUT2D eigenvalue weighted by molar-refractivity contribution is 0.574. The highest BCUT2D eigenvalue weighted by atomic mass is 19.1. The number of nitrogens with one attached hydrogen (secondary N) is 1. The van der Waals surface area contributed by atoms with E-state index < -0.39 is 0 Å². The van der Waals surface area contributed by atoms with Gasteiger partial charge in [-0.2, -0.15) is 0 Å². The summed E-state index contributed by atoms with van der Waals surface area (Å²) in [6.07, 6.45) is 5.79. The molecule has 1 fully saturated rings. The SMILES string of the molecule is Cc1ccc(C2=CC3CCC(C2)N3)cc1F. The summed E-state index contributed by atoms with van der Waals surface area (Å²) in [5, 5.41) is 3.55. The maximum absolute atomic E-state index is 13.5. The molecule has 0 amide bonds. The van der Waals surface area contributed by atoms with E-state index in [0.29, 0.717) is 12.1 Å². The maximum Gasteiger partial charge on any atom is 0.126 e. The zero-order valence-corrected chi connectivity index (χ0v) is 9.46. The highest BCUT2D eigenvalue weighted by Crippen LogP contribution is 2.32. The quantitative estimate of drug-likeness (QED) is 0.762. The molecule has 2 heterocycles. The standard InChI is InChI=1S/C14H16FN/c1-9-2-3-10(8-14(9)15)11-6-12-4-5-13(7-11)16-12/h2-3,6,8,12-13,16H,4-5,7H2,1H3. The number of halogens is 1. The molecular formula is C14H16FN. The summed E-state index contributed by atoms with van der Waals surface area (Å²) >= 11 is 0. The van der Waals surface area contributed by atoms with Crippen LogP contribution in [0.4, 0.5) is 4.39 Å². The third kappa shape index (κ3) is 1.67. The van der Waals surface area contributed by atoms with E-state index in [2.05, 4.69) is 11.4 Å². The van der Waals surface area contributed by atoms with Crippen LogP contribution in [0.15, 0.2) is 24.3 Å². The first-order valence-electron chi connectivity index (χ1n) is 5.95. The Morgan fingerprint density at radius 2 is 2.19 bits per heavy atom. The van der Waals surface area contributed by atoms with Crippen molar-refractivity contribution in [3.8, 4) is 0 Å². The number of hydrogen-bond acceptors (Lipinski definition) is 1. The van der Waals surface area contributed by atoms with Gasteiger partial charge in [0.05, 0.1) is 0 Å². The molecule has 84 valence electrons. The molecule has 0 aliphatic carbocycles. The summed E-state index contributed by atoms with van der Waals surface area (Å²) in [6.45, 7) is 1.81. The predicted octanol–water partition coefficient (Wildman–Crippen LogP) is 3.04. The van der Waals surface area contributed by atoms with E-state index in [1.165, 1.54) is 18.4 Å². The topological polar surface area (TPSA) is 12.0 Å². The predicted molar refractivity (Wildman–Crippen MR) is 63.7 cm³/mol. The van der Waals surface area contributed by atoms with Crippen molar-refractivity contribution in [3.05, 3.63) is 41.2 Å². The van der Waals surface area contributed by atoms with Gasteiger partial charge in [0.1, 0.15) is 5.82 Å². The van der Waals surface area contributed by atoms with E-state index >= 15 is 0 Å². The van der Waals surface area contributed by atoms with Crippen molar-refractivity contribution in [1.82, 2.24) is 5.32 Å². The Hall–Kier alpha value is -1.15. The van der Waals surface area contributed by atoms with Crippen molar-refractivity contribution in [2.75, 3.05) is 0 Å². The number of rotatable bonds is 1. The Labute approximate surface area is 95.4 Å². The van der Waals surface area contributed by atoms with Crippen LogP contribution >= 0.6 is 0 Å². The summed E-state index contributed by atoms with van der Waals surface area (Å²) in [7, 11) is 0. The fourth-order valence-electron chi connectivity index (χ4n) is 2.73. The first-order valence-corrected chi connectivity index (χ1v) is 5.95. The second kappa shape index (κ2) is 3.70. The van der Waals surface area contributed by atoms with Crippen LogP contribution in [0.25, 0.3) is 5.57 Å². The molecule has 2 unspecified atom stereocenters. The van der Waals surface area contributed by atoms with Gasteiger partial charge in [0.25, 0.3) is 0 Å². The molecule has 1 N–H and O–H groups in total. The van der Waals surface area contributed by atoms with Gasteiger partial charge in [0, 0.05) is 12.1 Å². The summed E-state index contributed by atoms with van der Waals surface area (Å²) in [5.41, 5.74) is 3.09. The number of fused-ring (bicyclic) bond motifs is 2. The van der Waals surface area contributed by atoms with Crippen LogP contribution in [0, 0.1) is 12.7 Å². The molecule has 2 atom stereocenters.